The van der Waals surface area contributed by atoms with E-state index in [4.69, 9.17) is 14.2 Å². The van der Waals surface area contributed by atoms with Gasteiger partial charge in [0, 0.05) is 46.7 Å². The lowest BCUT2D eigenvalue weighted by Crippen LogP contribution is -2.12. The first-order valence-electron chi connectivity index (χ1n) is 9.93. The zero-order valence-corrected chi connectivity index (χ0v) is 17.3. The van der Waals surface area contributed by atoms with Crippen molar-refractivity contribution < 1.29 is 19.0 Å². The van der Waals surface area contributed by atoms with E-state index < -0.39 is 0 Å². The largest absolute Gasteiger partial charge is 0.494 e. The van der Waals surface area contributed by atoms with Gasteiger partial charge in [-0.1, -0.05) is 6.07 Å². The molecule has 31 heavy (non-hydrogen) atoms. The summed E-state index contributed by atoms with van der Waals surface area (Å²) >= 11 is 0. The second kappa shape index (κ2) is 9.21. The summed E-state index contributed by atoms with van der Waals surface area (Å²) in [6.07, 6.45) is 3.45. The molecule has 0 spiro atoms. The van der Waals surface area contributed by atoms with Gasteiger partial charge < -0.3 is 24.5 Å². The molecule has 0 aliphatic carbocycles. The predicted octanol–water partition coefficient (Wildman–Crippen LogP) is 4.80. The average Bonchev–Trinajstić information content (AvgIpc) is 3.22. The number of pyridine rings is 1. The van der Waals surface area contributed by atoms with Gasteiger partial charge in [0.2, 0.25) is 0 Å². The van der Waals surface area contributed by atoms with Gasteiger partial charge in [-0.2, -0.15) is 0 Å². The van der Waals surface area contributed by atoms with Gasteiger partial charge in [0.25, 0.3) is 5.91 Å². The van der Waals surface area contributed by atoms with Crippen molar-refractivity contribution >= 4 is 22.5 Å². The van der Waals surface area contributed by atoms with E-state index in [0.717, 1.165) is 22.2 Å². The number of anilines is 1. The molecule has 0 fully saturated rings. The number of nitrogens with zero attached hydrogens (tertiary/aromatic N) is 1. The molecule has 2 aromatic carbocycles. The molecule has 0 atom stereocenters. The number of hydrogen-bond donors (Lipinski definition) is 2. The van der Waals surface area contributed by atoms with Gasteiger partial charge in [0.05, 0.1) is 13.7 Å². The molecule has 0 unspecified atom stereocenters. The number of rotatable bonds is 8. The third kappa shape index (κ3) is 4.78. The van der Waals surface area contributed by atoms with E-state index in [2.05, 4.69) is 15.3 Å². The molecular formula is C24H23N3O4. The van der Waals surface area contributed by atoms with E-state index >= 15 is 0 Å². The first-order chi connectivity index (χ1) is 15.2. The van der Waals surface area contributed by atoms with Crippen molar-refractivity contribution in [2.45, 2.75) is 13.5 Å². The van der Waals surface area contributed by atoms with E-state index in [1.54, 1.807) is 37.7 Å². The van der Waals surface area contributed by atoms with E-state index in [-0.39, 0.29) is 5.91 Å². The highest BCUT2D eigenvalue weighted by molar-refractivity contribution is 6.06. The second-order valence-electron chi connectivity index (χ2n) is 6.83. The molecule has 4 aromatic rings. The average molecular weight is 417 g/mol. The van der Waals surface area contributed by atoms with Crippen LogP contribution in [0, 0.1) is 0 Å². The standard InChI is InChI=1S/C24H23N3O4/c1-3-30-19-8-6-17-11-21(27-20(17)13-19)24(28)26-18-7-9-22(29-2)23(12-18)31-15-16-5-4-10-25-14-16/h4-14,27H,3,15H2,1-2H3,(H,26,28). The molecule has 7 heteroatoms. The summed E-state index contributed by atoms with van der Waals surface area (Å²) < 4.78 is 16.8. The number of aromatic amines is 1. The zero-order chi connectivity index (χ0) is 21.6. The lowest BCUT2D eigenvalue weighted by atomic mass is 10.2. The van der Waals surface area contributed by atoms with Crippen LogP contribution in [-0.4, -0.2) is 29.6 Å². The van der Waals surface area contributed by atoms with Gasteiger partial charge in [0.1, 0.15) is 18.1 Å². The van der Waals surface area contributed by atoms with Gasteiger partial charge in [0.15, 0.2) is 11.5 Å². The number of fused-ring (bicyclic) bond motifs is 1. The summed E-state index contributed by atoms with van der Waals surface area (Å²) in [5.41, 5.74) is 2.83. The Morgan fingerprint density at radius 2 is 1.97 bits per heavy atom. The van der Waals surface area contributed by atoms with Crippen LogP contribution in [0.5, 0.6) is 17.2 Å². The van der Waals surface area contributed by atoms with Gasteiger partial charge in [-0.25, -0.2) is 0 Å². The number of nitrogens with one attached hydrogen (secondary N) is 2. The topological polar surface area (TPSA) is 85.5 Å². The maximum atomic E-state index is 12.8. The van der Waals surface area contributed by atoms with Crippen LogP contribution in [0.15, 0.2) is 67.0 Å². The van der Waals surface area contributed by atoms with E-state index in [0.29, 0.717) is 36.1 Å². The van der Waals surface area contributed by atoms with Crippen LogP contribution in [0.1, 0.15) is 23.0 Å². The van der Waals surface area contributed by atoms with Crippen molar-refractivity contribution in [2.75, 3.05) is 19.0 Å². The van der Waals surface area contributed by atoms with E-state index in [1.165, 1.54) is 0 Å². The summed E-state index contributed by atoms with van der Waals surface area (Å²) in [6, 6.07) is 16.5. The number of carbonyl (C=O) groups excluding carboxylic acids is 1. The predicted molar refractivity (Wildman–Crippen MR) is 119 cm³/mol. The van der Waals surface area contributed by atoms with Crippen molar-refractivity contribution in [1.82, 2.24) is 9.97 Å². The van der Waals surface area contributed by atoms with Crippen molar-refractivity contribution in [3.8, 4) is 17.2 Å². The summed E-state index contributed by atoms with van der Waals surface area (Å²) in [5, 5.41) is 3.83. The smallest absolute Gasteiger partial charge is 0.272 e. The SMILES string of the molecule is CCOc1ccc2cc(C(=O)Nc3ccc(OC)c(OCc4cccnc4)c3)[nH]c2c1. The normalized spacial score (nSPS) is 10.6. The molecule has 158 valence electrons. The first-order valence-corrected chi connectivity index (χ1v) is 9.93. The highest BCUT2D eigenvalue weighted by atomic mass is 16.5. The molecule has 4 rings (SSSR count). The minimum atomic E-state index is -0.252. The monoisotopic (exact) mass is 417 g/mol. The van der Waals surface area contributed by atoms with Crippen molar-refractivity contribution in [3.63, 3.8) is 0 Å². The lowest BCUT2D eigenvalue weighted by molar-refractivity contribution is 0.102. The Morgan fingerprint density at radius 3 is 2.74 bits per heavy atom. The molecule has 7 nitrogen and oxygen atoms in total. The zero-order valence-electron chi connectivity index (χ0n) is 17.3. The van der Waals surface area contributed by atoms with Crippen LogP contribution in [-0.2, 0) is 6.61 Å². The van der Waals surface area contributed by atoms with Crippen LogP contribution in [0.2, 0.25) is 0 Å². The molecule has 1 amide bonds. The summed E-state index contributed by atoms with van der Waals surface area (Å²) in [6.45, 7) is 2.86. The highest BCUT2D eigenvalue weighted by Gasteiger charge is 2.13. The van der Waals surface area contributed by atoms with Crippen molar-refractivity contribution in [2.24, 2.45) is 0 Å². The van der Waals surface area contributed by atoms with Crippen LogP contribution >= 0.6 is 0 Å². The van der Waals surface area contributed by atoms with Crippen molar-refractivity contribution in [3.05, 3.63) is 78.2 Å². The number of amides is 1. The molecule has 2 heterocycles. The summed E-state index contributed by atoms with van der Waals surface area (Å²) in [7, 11) is 1.57. The van der Waals surface area contributed by atoms with Gasteiger partial charge in [-0.15, -0.1) is 0 Å². The quantitative estimate of drug-likeness (QED) is 0.430. The summed E-state index contributed by atoms with van der Waals surface area (Å²) in [4.78, 5) is 20.0. The molecule has 0 aliphatic heterocycles. The van der Waals surface area contributed by atoms with Crippen LogP contribution in [0.4, 0.5) is 5.69 Å². The fourth-order valence-electron chi connectivity index (χ4n) is 3.20. The van der Waals surface area contributed by atoms with Gasteiger partial charge in [-0.05, 0) is 43.3 Å². The molecule has 0 radical (unpaired) electrons. The molecule has 2 aromatic heterocycles. The fourth-order valence-corrected chi connectivity index (χ4v) is 3.20. The molecule has 0 saturated heterocycles. The molecule has 0 aliphatic rings. The molecule has 0 saturated carbocycles. The Balaban J connectivity index is 1.50. The Hall–Kier alpha value is -4.00. The number of H-pyrrole nitrogens is 1. The molecular weight excluding hydrogens is 394 g/mol. The fraction of sp³-hybridized carbons (Fsp3) is 0.167. The maximum absolute atomic E-state index is 12.8. The minimum Gasteiger partial charge on any atom is -0.494 e. The molecule has 2 N–H and O–H groups in total. The number of ether oxygens (including phenoxy) is 3. The highest BCUT2D eigenvalue weighted by Crippen LogP contribution is 2.31. The minimum absolute atomic E-state index is 0.252. The summed E-state index contributed by atoms with van der Waals surface area (Å²) in [5.74, 6) is 1.62. The Bertz CT molecular complexity index is 1190. The number of benzene rings is 2. The molecule has 0 bridgehead atoms. The first kappa shape index (κ1) is 20.3. The maximum Gasteiger partial charge on any atom is 0.272 e. The Morgan fingerprint density at radius 1 is 1.06 bits per heavy atom. The lowest BCUT2D eigenvalue weighted by Gasteiger charge is -2.13. The van der Waals surface area contributed by atoms with Gasteiger partial charge in [-0.3, -0.25) is 9.78 Å². The van der Waals surface area contributed by atoms with Gasteiger partial charge >= 0.3 is 0 Å². The van der Waals surface area contributed by atoms with E-state index in [9.17, 15) is 4.79 Å². The second-order valence-corrected chi connectivity index (χ2v) is 6.83. The van der Waals surface area contributed by atoms with Crippen molar-refractivity contribution in [1.29, 1.82) is 0 Å². The third-order valence-electron chi connectivity index (χ3n) is 4.69. The number of aromatic nitrogens is 2. The Labute approximate surface area is 180 Å². The van der Waals surface area contributed by atoms with Crippen LogP contribution < -0.4 is 19.5 Å². The number of carbonyl (C=O) groups is 1. The van der Waals surface area contributed by atoms with Crippen LogP contribution in [0.25, 0.3) is 10.9 Å². The number of methoxy groups -OCH3 is 1. The number of hydrogen-bond acceptors (Lipinski definition) is 5. The Kier molecular flexibility index (Phi) is 6.03. The van der Waals surface area contributed by atoms with Crippen LogP contribution in [0.3, 0.4) is 0 Å². The van der Waals surface area contributed by atoms with E-state index in [1.807, 2.05) is 43.3 Å². The third-order valence-corrected chi connectivity index (χ3v) is 4.69.